The monoisotopic (exact) mass is 402 g/mol. The fourth-order valence-electron chi connectivity index (χ4n) is 4.30. The van der Waals surface area contributed by atoms with E-state index in [0.29, 0.717) is 12.0 Å². The van der Waals surface area contributed by atoms with Gasteiger partial charge in [0, 0.05) is 11.8 Å². The molecule has 0 amide bonds. The van der Waals surface area contributed by atoms with Crippen LogP contribution in [-0.2, 0) is 20.6 Å². The van der Waals surface area contributed by atoms with Crippen molar-refractivity contribution < 1.29 is 19.3 Å². The third-order valence-corrected chi connectivity index (χ3v) is 5.55. The van der Waals surface area contributed by atoms with E-state index < -0.39 is 35.5 Å². The minimum atomic E-state index is -0.863. The smallest absolute Gasteiger partial charge is 0.330 e. The SMILES string of the molecule is Cc1cn([C@@H]2O[C@H](CO)[C@H]3OC(C)(C)O[C@H](Cc4ccccc4)[C@H]32)c(=O)[nH]c1=O. The van der Waals surface area contributed by atoms with Gasteiger partial charge in [0.25, 0.3) is 5.56 Å². The molecule has 2 aliphatic heterocycles. The molecule has 2 fully saturated rings. The van der Waals surface area contributed by atoms with Crippen molar-refractivity contribution in [1.29, 1.82) is 0 Å². The van der Waals surface area contributed by atoms with E-state index in [2.05, 4.69) is 4.98 Å². The molecule has 2 aromatic rings. The number of nitrogens with one attached hydrogen (secondary N) is 1. The number of rotatable bonds is 4. The fourth-order valence-corrected chi connectivity index (χ4v) is 4.30. The lowest BCUT2D eigenvalue weighted by molar-refractivity contribution is -0.320. The van der Waals surface area contributed by atoms with Gasteiger partial charge < -0.3 is 19.3 Å². The zero-order chi connectivity index (χ0) is 20.8. The van der Waals surface area contributed by atoms with Gasteiger partial charge in [-0.2, -0.15) is 0 Å². The zero-order valence-electron chi connectivity index (χ0n) is 16.7. The summed E-state index contributed by atoms with van der Waals surface area (Å²) in [5.41, 5.74) is 0.490. The second kappa shape index (κ2) is 7.53. The van der Waals surface area contributed by atoms with Gasteiger partial charge >= 0.3 is 5.69 Å². The number of aliphatic hydroxyl groups excluding tert-OH is 1. The largest absolute Gasteiger partial charge is 0.394 e. The third-order valence-electron chi connectivity index (χ3n) is 5.55. The van der Waals surface area contributed by atoms with Crippen molar-refractivity contribution in [3.05, 3.63) is 68.5 Å². The maximum Gasteiger partial charge on any atom is 0.330 e. The number of aliphatic hydroxyl groups is 1. The van der Waals surface area contributed by atoms with Gasteiger partial charge in [-0.15, -0.1) is 0 Å². The second-order valence-electron chi connectivity index (χ2n) is 8.13. The predicted octanol–water partition coefficient (Wildman–Crippen LogP) is 1.11. The number of aryl methyl sites for hydroxylation is 1. The van der Waals surface area contributed by atoms with Gasteiger partial charge in [0.1, 0.15) is 12.3 Å². The van der Waals surface area contributed by atoms with Crippen molar-refractivity contribution in [3.8, 4) is 0 Å². The first kappa shape index (κ1) is 20.0. The molecule has 4 rings (SSSR count). The van der Waals surface area contributed by atoms with Gasteiger partial charge in [-0.05, 0) is 32.8 Å². The first-order valence-corrected chi connectivity index (χ1v) is 9.77. The standard InChI is InChI=1S/C21H26N2O6/c1-12-10-23(20(26)22-18(12)25)19-16-14(9-13-7-5-4-6-8-13)28-21(2,3)29-17(16)15(11-24)27-19/h4-8,10,14-17,19,24H,9,11H2,1-3H3,(H,22,25,26)/t14-,15-,16-,17-,19-/m1/s1. The molecular formula is C21H26N2O6. The molecule has 0 aliphatic carbocycles. The summed E-state index contributed by atoms with van der Waals surface area (Å²) >= 11 is 0. The minimum Gasteiger partial charge on any atom is -0.394 e. The number of fused-ring (bicyclic) bond motifs is 1. The van der Waals surface area contributed by atoms with Crippen LogP contribution >= 0.6 is 0 Å². The summed E-state index contributed by atoms with van der Waals surface area (Å²) in [6.07, 6.45) is -0.0182. The summed E-state index contributed by atoms with van der Waals surface area (Å²) < 4.78 is 19.8. The predicted molar refractivity (Wildman–Crippen MR) is 105 cm³/mol. The summed E-state index contributed by atoms with van der Waals surface area (Å²) in [5.74, 6) is -1.21. The molecule has 3 heterocycles. The van der Waals surface area contributed by atoms with Gasteiger partial charge in [0.15, 0.2) is 5.79 Å². The van der Waals surface area contributed by atoms with Crippen molar-refractivity contribution in [2.45, 2.75) is 57.5 Å². The third kappa shape index (κ3) is 3.81. The van der Waals surface area contributed by atoms with Crippen LogP contribution < -0.4 is 11.2 Å². The highest BCUT2D eigenvalue weighted by atomic mass is 16.7. The molecule has 0 saturated carbocycles. The van der Waals surface area contributed by atoms with Crippen LogP contribution in [0.15, 0.2) is 46.1 Å². The molecule has 0 radical (unpaired) electrons. The van der Waals surface area contributed by atoms with Crippen LogP contribution in [-0.4, -0.2) is 45.4 Å². The van der Waals surface area contributed by atoms with Crippen molar-refractivity contribution in [2.75, 3.05) is 6.61 Å². The van der Waals surface area contributed by atoms with E-state index >= 15 is 0 Å². The Labute approximate surface area is 168 Å². The number of nitrogens with zero attached hydrogens (tertiary/aromatic N) is 1. The Bertz CT molecular complexity index is 983. The van der Waals surface area contributed by atoms with Gasteiger partial charge in [-0.25, -0.2) is 4.79 Å². The van der Waals surface area contributed by atoms with E-state index in [-0.39, 0.29) is 18.6 Å². The first-order chi connectivity index (χ1) is 13.8. The zero-order valence-corrected chi connectivity index (χ0v) is 16.7. The molecule has 0 unspecified atom stereocenters. The van der Waals surface area contributed by atoms with E-state index in [0.717, 1.165) is 5.56 Å². The van der Waals surface area contributed by atoms with Crippen LogP contribution in [0.4, 0.5) is 0 Å². The maximum absolute atomic E-state index is 12.5. The van der Waals surface area contributed by atoms with E-state index in [1.807, 2.05) is 44.2 Å². The number of aromatic nitrogens is 2. The Balaban J connectivity index is 1.76. The normalized spacial score (nSPS) is 30.8. The van der Waals surface area contributed by atoms with Crippen LogP contribution in [0.3, 0.4) is 0 Å². The quantitative estimate of drug-likeness (QED) is 0.794. The van der Waals surface area contributed by atoms with Gasteiger partial charge in [0.2, 0.25) is 0 Å². The fraction of sp³-hybridized carbons (Fsp3) is 0.524. The van der Waals surface area contributed by atoms with Gasteiger partial charge in [0.05, 0.1) is 24.7 Å². The number of H-pyrrole nitrogens is 1. The summed E-state index contributed by atoms with van der Waals surface area (Å²) in [7, 11) is 0. The number of benzene rings is 1. The number of hydrogen-bond acceptors (Lipinski definition) is 6. The number of hydrogen-bond donors (Lipinski definition) is 2. The molecule has 2 aliphatic rings. The number of aromatic amines is 1. The van der Waals surface area contributed by atoms with Crippen molar-refractivity contribution in [1.82, 2.24) is 9.55 Å². The Morgan fingerprint density at radius 3 is 2.55 bits per heavy atom. The summed E-state index contributed by atoms with van der Waals surface area (Å²) in [6.45, 7) is 5.05. The summed E-state index contributed by atoms with van der Waals surface area (Å²) in [5, 5.41) is 9.89. The Morgan fingerprint density at radius 2 is 1.86 bits per heavy atom. The Hall–Kier alpha value is -2.26. The molecule has 0 spiro atoms. The topological polar surface area (TPSA) is 103 Å². The van der Waals surface area contributed by atoms with Crippen LogP contribution in [0, 0.1) is 12.8 Å². The number of ether oxygens (including phenoxy) is 3. The highest BCUT2D eigenvalue weighted by Gasteiger charge is 2.56. The highest BCUT2D eigenvalue weighted by molar-refractivity contribution is 5.17. The lowest BCUT2D eigenvalue weighted by atomic mass is 9.87. The van der Waals surface area contributed by atoms with Crippen LogP contribution in [0.1, 0.15) is 31.2 Å². The maximum atomic E-state index is 12.5. The van der Waals surface area contributed by atoms with Gasteiger partial charge in [-0.3, -0.25) is 14.3 Å². The lowest BCUT2D eigenvalue weighted by Gasteiger charge is -2.44. The Morgan fingerprint density at radius 1 is 1.14 bits per heavy atom. The van der Waals surface area contributed by atoms with Crippen LogP contribution in [0.2, 0.25) is 0 Å². The summed E-state index contributed by atoms with van der Waals surface area (Å²) in [6, 6.07) is 9.92. The van der Waals surface area contributed by atoms with Crippen LogP contribution in [0.25, 0.3) is 0 Å². The van der Waals surface area contributed by atoms with Gasteiger partial charge in [-0.1, -0.05) is 30.3 Å². The molecule has 2 N–H and O–H groups in total. The van der Waals surface area contributed by atoms with Crippen LogP contribution in [0.5, 0.6) is 0 Å². The first-order valence-electron chi connectivity index (χ1n) is 9.77. The second-order valence-corrected chi connectivity index (χ2v) is 8.13. The van der Waals surface area contributed by atoms with E-state index in [1.165, 1.54) is 10.8 Å². The van der Waals surface area contributed by atoms with E-state index in [9.17, 15) is 14.7 Å². The molecule has 5 atom stereocenters. The Kier molecular flexibility index (Phi) is 5.20. The average Bonchev–Trinajstić information content (AvgIpc) is 3.02. The average molecular weight is 402 g/mol. The highest BCUT2D eigenvalue weighted by Crippen LogP contribution is 2.46. The molecule has 1 aromatic heterocycles. The minimum absolute atomic E-state index is 0.247. The molecule has 156 valence electrons. The van der Waals surface area contributed by atoms with Crippen molar-refractivity contribution in [2.24, 2.45) is 5.92 Å². The van der Waals surface area contributed by atoms with Crippen molar-refractivity contribution >= 4 is 0 Å². The summed E-state index contributed by atoms with van der Waals surface area (Å²) in [4.78, 5) is 26.6. The molecule has 1 aromatic carbocycles. The van der Waals surface area contributed by atoms with Crippen molar-refractivity contribution in [3.63, 3.8) is 0 Å². The van der Waals surface area contributed by atoms with E-state index in [4.69, 9.17) is 14.2 Å². The lowest BCUT2D eigenvalue weighted by Crippen LogP contribution is -2.54. The molecule has 29 heavy (non-hydrogen) atoms. The van der Waals surface area contributed by atoms with E-state index in [1.54, 1.807) is 6.92 Å². The molecule has 2 saturated heterocycles. The molecule has 8 heteroatoms. The molecule has 8 nitrogen and oxygen atoms in total. The molecular weight excluding hydrogens is 376 g/mol. The molecule has 0 bridgehead atoms.